The first-order valence-electron chi connectivity index (χ1n) is 9.90. The maximum atomic E-state index is 13.0. The second-order valence-electron chi connectivity index (χ2n) is 7.72. The third-order valence-corrected chi connectivity index (χ3v) is 6.96. The molecule has 0 aliphatic carbocycles. The first-order valence-corrected chi connectivity index (χ1v) is 11.9. The summed E-state index contributed by atoms with van der Waals surface area (Å²) in [5.74, 6) is 0.256. The van der Waals surface area contributed by atoms with Gasteiger partial charge in [0.2, 0.25) is 0 Å². The molecule has 0 heterocycles. The minimum absolute atomic E-state index is 0.150. The van der Waals surface area contributed by atoms with Crippen molar-refractivity contribution in [1.29, 1.82) is 0 Å². The highest BCUT2D eigenvalue weighted by atomic mass is 35.5. The topological polar surface area (TPSA) is 75.3 Å². The Morgan fingerprint density at radius 2 is 1.48 bits per heavy atom. The number of nitrogens with one attached hydrogen (secondary N) is 2. The molecule has 0 fully saturated rings. The molecule has 2 N–H and O–H groups in total. The van der Waals surface area contributed by atoms with Gasteiger partial charge >= 0.3 is 6.03 Å². The van der Waals surface area contributed by atoms with Gasteiger partial charge in [0.1, 0.15) is 0 Å². The number of aryl methyl sites for hydroxylation is 1. The average Bonchev–Trinajstić information content (AvgIpc) is 2.71. The van der Waals surface area contributed by atoms with Gasteiger partial charge in [0.25, 0.3) is 0 Å². The van der Waals surface area contributed by atoms with E-state index in [0.29, 0.717) is 33.4 Å². The summed E-state index contributed by atoms with van der Waals surface area (Å²) in [6, 6.07) is 18.7. The van der Waals surface area contributed by atoms with Crippen LogP contribution in [0.25, 0.3) is 0 Å². The number of rotatable bonds is 6. The molecule has 0 aliphatic rings. The van der Waals surface area contributed by atoms with Gasteiger partial charge in [0, 0.05) is 16.4 Å². The van der Waals surface area contributed by atoms with Crippen LogP contribution in [-0.4, -0.2) is 14.4 Å². The highest BCUT2D eigenvalue weighted by Gasteiger charge is 2.19. The Morgan fingerprint density at radius 1 is 0.903 bits per heavy atom. The molecule has 3 rings (SSSR count). The Morgan fingerprint density at radius 3 is 2.10 bits per heavy atom. The molecule has 162 valence electrons. The molecule has 0 atom stereocenters. The van der Waals surface area contributed by atoms with E-state index in [0.717, 1.165) is 0 Å². The van der Waals surface area contributed by atoms with Crippen LogP contribution in [0.4, 0.5) is 16.2 Å². The average molecular weight is 457 g/mol. The van der Waals surface area contributed by atoms with Gasteiger partial charge in [0.15, 0.2) is 9.84 Å². The van der Waals surface area contributed by atoms with Crippen LogP contribution in [0.2, 0.25) is 5.02 Å². The summed E-state index contributed by atoms with van der Waals surface area (Å²) in [6.45, 7) is 5.94. The van der Waals surface area contributed by atoms with E-state index < -0.39 is 15.9 Å². The third kappa shape index (κ3) is 6.09. The Bertz CT molecular complexity index is 1170. The van der Waals surface area contributed by atoms with Gasteiger partial charge in [-0.2, -0.15) is 0 Å². The molecule has 0 saturated carbocycles. The lowest BCUT2D eigenvalue weighted by molar-refractivity contribution is 0.262. The van der Waals surface area contributed by atoms with Crippen LogP contribution in [0.5, 0.6) is 0 Å². The smallest absolute Gasteiger partial charge is 0.308 e. The van der Waals surface area contributed by atoms with E-state index in [1.165, 1.54) is 11.6 Å². The van der Waals surface area contributed by atoms with E-state index in [4.69, 9.17) is 11.6 Å². The standard InChI is InChI=1S/C24H25ClN2O3S/c1-16(2)19-7-12-21(13-8-19)26-24(28)27-22-11-4-17(3)23(14-22)31(29,30)15-18-5-9-20(25)10-6-18/h4-14,16H,15H2,1-3H3,(H2,26,27,28). The van der Waals surface area contributed by atoms with Crippen LogP contribution in [0.1, 0.15) is 36.5 Å². The summed E-state index contributed by atoms with van der Waals surface area (Å²) in [7, 11) is -3.60. The number of benzene rings is 3. The van der Waals surface area contributed by atoms with Crippen molar-refractivity contribution in [1.82, 2.24) is 0 Å². The summed E-state index contributed by atoms with van der Waals surface area (Å²) in [5.41, 5.74) is 3.50. The van der Waals surface area contributed by atoms with E-state index >= 15 is 0 Å². The zero-order chi connectivity index (χ0) is 22.6. The summed E-state index contributed by atoms with van der Waals surface area (Å²) in [6.07, 6.45) is 0. The van der Waals surface area contributed by atoms with Crippen molar-refractivity contribution >= 4 is 38.8 Å². The molecule has 3 aromatic carbocycles. The number of urea groups is 1. The van der Waals surface area contributed by atoms with Gasteiger partial charge < -0.3 is 10.6 Å². The summed E-state index contributed by atoms with van der Waals surface area (Å²) in [5, 5.41) is 6.02. The minimum Gasteiger partial charge on any atom is -0.308 e. The van der Waals surface area contributed by atoms with Gasteiger partial charge in [-0.05, 0) is 65.9 Å². The number of hydrogen-bond donors (Lipinski definition) is 2. The number of carbonyl (C=O) groups is 1. The molecule has 7 heteroatoms. The van der Waals surface area contributed by atoms with Crippen LogP contribution >= 0.6 is 11.6 Å². The molecule has 0 bridgehead atoms. The fraction of sp³-hybridized carbons (Fsp3) is 0.208. The molecule has 5 nitrogen and oxygen atoms in total. The fourth-order valence-electron chi connectivity index (χ4n) is 3.14. The zero-order valence-electron chi connectivity index (χ0n) is 17.6. The van der Waals surface area contributed by atoms with Gasteiger partial charge in [-0.1, -0.05) is 55.8 Å². The molecular formula is C24H25ClN2O3S. The molecule has 0 unspecified atom stereocenters. The number of carbonyl (C=O) groups excluding carboxylic acids is 1. The Hall–Kier alpha value is -2.83. The third-order valence-electron chi connectivity index (χ3n) is 4.89. The van der Waals surface area contributed by atoms with Crippen LogP contribution in [0.3, 0.4) is 0 Å². The summed E-state index contributed by atoms with van der Waals surface area (Å²) in [4.78, 5) is 12.6. The van der Waals surface area contributed by atoms with Gasteiger partial charge in [-0.25, -0.2) is 13.2 Å². The Kier molecular flexibility index (Phi) is 7.03. The van der Waals surface area contributed by atoms with Crippen molar-refractivity contribution in [3.8, 4) is 0 Å². The minimum atomic E-state index is -3.60. The number of hydrogen-bond acceptors (Lipinski definition) is 3. The quantitative estimate of drug-likeness (QED) is 0.451. The van der Waals surface area contributed by atoms with Crippen LogP contribution < -0.4 is 10.6 Å². The number of amides is 2. The molecule has 0 aromatic heterocycles. The van der Waals surface area contributed by atoms with Crippen molar-refractivity contribution in [3.05, 3.63) is 88.4 Å². The highest BCUT2D eigenvalue weighted by Crippen LogP contribution is 2.25. The van der Waals surface area contributed by atoms with Crippen molar-refractivity contribution < 1.29 is 13.2 Å². The molecule has 0 saturated heterocycles. The molecule has 31 heavy (non-hydrogen) atoms. The lowest BCUT2D eigenvalue weighted by atomic mass is 10.0. The predicted molar refractivity (Wildman–Crippen MR) is 127 cm³/mol. The molecular weight excluding hydrogens is 432 g/mol. The van der Waals surface area contributed by atoms with Gasteiger partial charge in [0.05, 0.1) is 10.6 Å². The van der Waals surface area contributed by atoms with Gasteiger partial charge in [-0.15, -0.1) is 0 Å². The molecule has 0 aliphatic heterocycles. The fourth-order valence-corrected chi connectivity index (χ4v) is 4.91. The maximum absolute atomic E-state index is 13.0. The number of anilines is 2. The largest absolute Gasteiger partial charge is 0.323 e. The molecule has 3 aromatic rings. The van der Waals surface area contributed by atoms with Gasteiger partial charge in [-0.3, -0.25) is 0 Å². The van der Waals surface area contributed by atoms with Crippen molar-refractivity contribution in [2.24, 2.45) is 0 Å². The highest BCUT2D eigenvalue weighted by molar-refractivity contribution is 7.90. The SMILES string of the molecule is Cc1ccc(NC(=O)Nc2ccc(C(C)C)cc2)cc1S(=O)(=O)Cc1ccc(Cl)cc1. The van der Waals surface area contributed by atoms with Crippen LogP contribution in [0, 0.1) is 6.92 Å². The summed E-state index contributed by atoms with van der Waals surface area (Å²) < 4.78 is 25.9. The molecule has 2 amide bonds. The lowest BCUT2D eigenvalue weighted by Crippen LogP contribution is -2.19. The second kappa shape index (κ2) is 9.54. The van der Waals surface area contributed by atoms with Crippen LogP contribution in [0.15, 0.2) is 71.6 Å². The molecule has 0 radical (unpaired) electrons. The lowest BCUT2D eigenvalue weighted by Gasteiger charge is -2.12. The monoisotopic (exact) mass is 456 g/mol. The van der Waals surface area contributed by atoms with Crippen molar-refractivity contribution in [3.63, 3.8) is 0 Å². The second-order valence-corrected chi connectivity index (χ2v) is 10.1. The van der Waals surface area contributed by atoms with E-state index in [-0.39, 0.29) is 10.6 Å². The van der Waals surface area contributed by atoms with E-state index in [1.54, 1.807) is 43.3 Å². The van der Waals surface area contributed by atoms with Crippen molar-refractivity contribution in [2.75, 3.05) is 10.6 Å². The van der Waals surface area contributed by atoms with E-state index in [2.05, 4.69) is 24.5 Å². The normalized spacial score (nSPS) is 11.4. The van der Waals surface area contributed by atoms with Crippen LogP contribution in [-0.2, 0) is 15.6 Å². The Balaban J connectivity index is 1.73. The maximum Gasteiger partial charge on any atom is 0.323 e. The Labute approximate surface area is 188 Å². The zero-order valence-corrected chi connectivity index (χ0v) is 19.2. The van der Waals surface area contributed by atoms with Crippen molar-refractivity contribution in [2.45, 2.75) is 37.3 Å². The molecule has 0 spiro atoms. The number of sulfone groups is 1. The predicted octanol–water partition coefficient (Wildman–Crippen LogP) is 6.39. The van der Waals surface area contributed by atoms with E-state index in [9.17, 15) is 13.2 Å². The summed E-state index contributed by atoms with van der Waals surface area (Å²) >= 11 is 5.88. The van der Waals surface area contributed by atoms with E-state index in [1.807, 2.05) is 24.3 Å². The number of halogens is 1. The first kappa shape index (κ1) is 22.8. The first-order chi connectivity index (χ1) is 14.6.